The number of nitrogen functional groups attached to an aromatic ring is 1. The van der Waals surface area contributed by atoms with E-state index in [9.17, 15) is 10.2 Å². The average Bonchev–Trinajstić information content (AvgIpc) is 2.87. The van der Waals surface area contributed by atoms with Gasteiger partial charge in [-0.3, -0.25) is 5.10 Å². The van der Waals surface area contributed by atoms with Crippen LogP contribution in [0.2, 0.25) is 0 Å². The molecule has 0 radical (unpaired) electrons. The van der Waals surface area contributed by atoms with Crippen LogP contribution in [-0.4, -0.2) is 20.4 Å². The van der Waals surface area contributed by atoms with Gasteiger partial charge in [0.15, 0.2) is 5.75 Å². The molecule has 6 nitrogen and oxygen atoms in total. The summed E-state index contributed by atoms with van der Waals surface area (Å²) in [5.74, 6) is 0.905. The van der Waals surface area contributed by atoms with Crippen molar-refractivity contribution in [3.05, 3.63) is 48.7 Å². The monoisotopic (exact) mass is 283 g/mol. The average molecular weight is 283 g/mol. The normalized spacial score (nSPS) is 10.5. The Morgan fingerprint density at radius 3 is 2.71 bits per heavy atom. The molecule has 2 aromatic carbocycles. The van der Waals surface area contributed by atoms with Gasteiger partial charge < -0.3 is 20.7 Å². The lowest BCUT2D eigenvalue weighted by Crippen LogP contribution is -1.89. The van der Waals surface area contributed by atoms with Crippen molar-refractivity contribution in [3.63, 3.8) is 0 Å². The van der Waals surface area contributed by atoms with Crippen LogP contribution in [0.1, 0.15) is 0 Å². The Labute approximate surface area is 120 Å². The first-order chi connectivity index (χ1) is 10.1. The lowest BCUT2D eigenvalue weighted by molar-refractivity contribution is 0.450. The molecule has 0 saturated heterocycles. The van der Waals surface area contributed by atoms with Crippen molar-refractivity contribution in [1.82, 2.24) is 10.2 Å². The van der Waals surface area contributed by atoms with Crippen molar-refractivity contribution >= 4 is 5.69 Å². The van der Waals surface area contributed by atoms with Gasteiger partial charge in [-0.2, -0.15) is 5.10 Å². The molecule has 0 saturated carbocycles. The van der Waals surface area contributed by atoms with Crippen molar-refractivity contribution in [3.8, 4) is 34.3 Å². The molecule has 0 amide bonds. The van der Waals surface area contributed by atoms with Crippen LogP contribution in [0.15, 0.2) is 48.7 Å². The number of rotatable bonds is 3. The first kappa shape index (κ1) is 12.9. The van der Waals surface area contributed by atoms with E-state index in [-0.39, 0.29) is 11.5 Å². The summed E-state index contributed by atoms with van der Waals surface area (Å²) in [7, 11) is 0. The minimum absolute atomic E-state index is 0.0231. The Bertz CT molecular complexity index is 783. The molecule has 0 fully saturated rings. The maximum atomic E-state index is 9.91. The zero-order valence-corrected chi connectivity index (χ0v) is 10.9. The van der Waals surface area contributed by atoms with Crippen LogP contribution in [0.5, 0.6) is 23.0 Å². The van der Waals surface area contributed by atoms with E-state index in [1.165, 1.54) is 12.1 Å². The van der Waals surface area contributed by atoms with Gasteiger partial charge >= 0.3 is 0 Å². The number of phenols is 2. The van der Waals surface area contributed by atoms with E-state index < -0.39 is 0 Å². The van der Waals surface area contributed by atoms with E-state index >= 15 is 0 Å². The molecule has 0 aliphatic carbocycles. The van der Waals surface area contributed by atoms with Crippen molar-refractivity contribution in [2.24, 2.45) is 0 Å². The molecule has 21 heavy (non-hydrogen) atoms. The molecule has 106 valence electrons. The summed E-state index contributed by atoms with van der Waals surface area (Å²) in [6, 6.07) is 11.3. The predicted molar refractivity (Wildman–Crippen MR) is 78.3 cm³/mol. The molecule has 0 bridgehead atoms. The van der Waals surface area contributed by atoms with Crippen LogP contribution in [0.3, 0.4) is 0 Å². The number of nitrogens with zero attached hydrogens (tertiary/aromatic N) is 1. The molecular formula is C15H13N3O3. The number of hydrogen-bond acceptors (Lipinski definition) is 5. The second kappa shape index (κ2) is 5.09. The summed E-state index contributed by atoms with van der Waals surface area (Å²) in [5, 5.41) is 26.0. The topological polar surface area (TPSA) is 104 Å². The molecule has 0 aliphatic heterocycles. The Balaban J connectivity index is 1.97. The molecular weight excluding hydrogens is 270 g/mol. The number of benzene rings is 2. The molecule has 1 heterocycles. The number of anilines is 1. The number of nitrogens with one attached hydrogen (secondary N) is 1. The van der Waals surface area contributed by atoms with Crippen molar-refractivity contribution in [2.45, 2.75) is 0 Å². The Morgan fingerprint density at radius 1 is 1.10 bits per heavy atom. The van der Waals surface area contributed by atoms with Gasteiger partial charge in [-0.15, -0.1) is 0 Å². The maximum absolute atomic E-state index is 9.91. The highest BCUT2D eigenvalue weighted by molar-refractivity contribution is 5.73. The lowest BCUT2D eigenvalue weighted by Gasteiger charge is -2.07. The highest BCUT2D eigenvalue weighted by Gasteiger charge is 2.15. The zero-order chi connectivity index (χ0) is 14.8. The van der Waals surface area contributed by atoms with E-state index in [1.54, 1.807) is 36.5 Å². The number of hydrogen-bond donors (Lipinski definition) is 4. The molecule has 0 atom stereocenters. The van der Waals surface area contributed by atoms with E-state index in [2.05, 4.69) is 10.2 Å². The van der Waals surface area contributed by atoms with Crippen LogP contribution < -0.4 is 10.5 Å². The molecule has 3 rings (SSSR count). The Morgan fingerprint density at radius 2 is 1.95 bits per heavy atom. The van der Waals surface area contributed by atoms with Crippen LogP contribution in [-0.2, 0) is 0 Å². The Hall–Kier alpha value is -3.15. The second-order valence-corrected chi connectivity index (χ2v) is 4.47. The van der Waals surface area contributed by atoms with Crippen LogP contribution >= 0.6 is 0 Å². The van der Waals surface area contributed by atoms with Crippen LogP contribution in [0.4, 0.5) is 5.69 Å². The fourth-order valence-corrected chi connectivity index (χ4v) is 1.97. The van der Waals surface area contributed by atoms with Crippen LogP contribution in [0.25, 0.3) is 11.3 Å². The van der Waals surface area contributed by atoms with Crippen molar-refractivity contribution in [2.75, 3.05) is 5.73 Å². The first-order valence-corrected chi connectivity index (χ1v) is 6.23. The molecule has 6 heteroatoms. The van der Waals surface area contributed by atoms with E-state index in [0.717, 1.165) is 0 Å². The molecule has 3 aromatic rings. The lowest BCUT2D eigenvalue weighted by atomic mass is 10.1. The number of aromatic nitrogens is 2. The minimum atomic E-state index is -0.0838. The highest BCUT2D eigenvalue weighted by atomic mass is 16.5. The molecule has 0 spiro atoms. The molecule has 5 N–H and O–H groups in total. The largest absolute Gasteiger partial charge is 0.508 e. The molecule has 0 aliphatic rings. The summed E-state index contributed by atoms with van der Waals surface area (Å²) >= 11 is 0. The van der Waals surface area contributed by atoms with Gasteiger partial charge in [0.2, 0.25) is 0 Å². The summed E-state index contributed by atoms with van der Waals surface area (Å²) in [5.41, 5.74) is 7.19. The third-order valence-electron chi connectivity index (χ3n) is 2.93. The van der Waals surface area contributed by atoms with E-state index in [4.69, 9.17) is 10.5 Å². The second-order valence-electron chi connectivity index (χ2n) is 4.47. The standard InChI is InChI=1S/C15H13N3O3/c16-9-2-1-3-11(6-9)21-14-8-17-18-15(14)12-5-4-10(19)7-13(12)20/h1-8,19-20H,16H2,(H,17,18). The summed E-state index contributed by atoms with van der Waals surface area (Å²) < 4.78 is 5.72. The summed E-state index contributed by atoms with van der Waals surface area (Å²) in [4.78, 5) is 0. The van der Waals surface area contributed by atoms with Gasteiger partial charge in [-0.25, -0.2) is 0 Å². The third kappa shape index (κ3) is 2.59. The van der Waals surface area contributed by atoms with Gasteiger partial charge in [0.25, 0.3) is 0 Å². The van der Waals surface area contributed by atoms with Crippen molar-refractivity contribution < 1.29 is 14.9 Å². The SMILES string of the molecule is Nc1cccc(Oc2c[nH]nc2-c2ccc(O)cc2O)c1. The number of aromatic hydroxyl groups is 2. The number of nitrogens with two attached hydrogens (primary N) is 1. The number of phenolic OH excluding ortho intramolecular Hbond substituents is 2. The number of ether oxygens (including phenoxy) is 1. The quantitative estimate of drug-likeness (QED) is 0.553. The zero-order valence-electron chi connectivity index (χ0n) is 10.9. The highest BCUT2D eigenvalue weighted by Crippen LogP contribution is 2.37. The third-order valence-corrected chi connectivity index (χ3v) is 2.93. The molecule has 1 aromatic heterocycles. The maximum Gasteiger partial charge on any atom is 0.173 e. The van der Waals surface area contributed by atoms with Gasteiger partial charge in [0, 0.05) is 23.4 Å². The summed E-state index contributed by atoms with van der Waals surface area (Å²) in [6.45, 7) is 0. The van der Waals surface area contributed by atoms with Crippen LogP contribution in [0, 0.1) is 0 Å². The summed E-state index contributed by atoms with van der Waals surface area (Å²) in [6.07, 6.45) is 1.57. The van der Waals surface area contributed by atoms with E-state index in [1.807, 2.05) is 0 Å². The van der Waals surface area contributed by atoms with Gasteiger partial charge in [-0.05, 0) is 24.3 Å². The predicted octanol–water partition coefficient (Wildman–Crippen LogP) is 2.86. The number of aromatic amines is 1. The van der Waals surface area contributed by atoms with Crippen molar-refractivity contribution in [1.29, 1.82) is 0 Å². The molecule has 0 unspecified atom stereocenters. The first-order valence-electron chi connectivity index (χ1n) is 6.23. The Kier molecular flexibility index (Phi) is 3.12. The fraction of sp³-hybridized carbons (Fsp3) is 0. The smallest absolute Gasteiger partial charge is 0.173 e. The minimum Gasteiger partial charge on any atom is -0.508 e. The van der Waals surface area contributed by atoms with Gasteiger partial charge in [-0.1, -0.05) is 6.07 Å². The van der Waals surface area contributed by atoms with Gasteiger partial charge in [0.05, 0.1) is 6.20 Å². The number of H-pyrrole nitrogens is 1. The van der Waals surface area contributed by atoms with E-state index in [0.29, 0.717) is 28.4 Å². The fourth-order valence-electron chi connectivity index (χ4n) is 1.97. The van der Waals surface area contributed by atoms with Gasteiger partial charge in [0.1, 0.15) is 22.9 Å².